The third kappa shape index (κ3) is 13.0. The van der Waals surface area contributed by atoms with Crippen LogP contribution in [0.15, 0.2) is 54.6 Å². The van der Waals surface area contributed by atoms with Gasteiger partial charge in [-0.05, 0) is 49.7 Å². The molecule has 0 aliphatic carbocycles. The monoisotopic (exact) mass is 870 g/mol. The van der Waals surface area contributed by atoms with Crippen LogP contribution in [0.3, 0.4) is 0 Å². The average Bonchev–Trinajstić information content (AvgIpc) is 3.71. The molecule has 23 heteroatoms. The maximum absolute atomic E-state index is 12.6. The van der Waals surface area contributed by atoms with Crippen LogP contribution in [0.5, 0.6) is 17.2 Å². The molecular formula is C39H31N2NaO20. The number of nitrogens with one attached hydrogen (secondary N) is 1. The first-order valence-electron chi connectivity index (χ1n) is 17.1. The molecule has 0 radical (unpaired) electrons. The zero-order valence-electron chi connectivity index (χ0n) is 33.3. The number of piperidine rings is 1. The van der Waals surface area contributed by atoms with Crippen molar-refractivity contribution in [3.63, 3.8) is 0 Å². The van der Waals surface area contributed by atoms with Crippen LogP contribution in [0, 0.1) is 0 Å². The zero-order chi connectivity index (χ0) is 45.9. The van der Waals surface area contributed by atoms with E-state index in [1.807, 2.05) is 0 Å². The number of phenols is 1. The van der Waals surface area contributed by atoms with E-state index in [2.05, 4.69) is 19.5 Å². The first-order valence-corrected chi connectivity index (χ1v) is 17.1. The standard InChI is InChI=1S/C15H12N2O6.C10H6O5.C8H4O4.C4H6O3.C2H4O2.Na/c1-7(18)23-10-4-2-3-8-12(10)15(22)17(14(8)21)9-5-6-11(19)16-13(9)20;1-5(11)14-7-4-2-3-6-8(7)10(13)15-9(6)12;9-5-3-1-2-4-6(5)8(11)12-7(4)10;1-3(5)7-4(2)6;1-2(3)4;/h2-4,9H,5-6H2,1H3,(H,16,19,20);2-4H,1H3;1-3,9H;1-2H3;1H3,(H,3,4);/q;;;;;+1/p-1. The molecule has 0 aromatic heterocycles. The molecule has 7 rings (SSSR count). The van der Waals surface area contributed by atoms with Crippen molar-refractivity contribution < 1.29 is 126 Å². The predicted molar refractivity (Wildman–Crippen MR) is 193 cm³/mol. The molecule has 1 unspecified atom stereocenters. The van der Waals surface area contributed by atoms with E-state index in [4.69, 9.17) is 24.5 Å². The molecule has 4 aliphatic rings. The van der Waals surface area contributed by atoms with Gasteiger partial charge in [0.15, 0.2) is 0 Å². The van der Waals surface area contributed by atoms with Gasteiger partial charge in [-0.15, -0.1) is 0 Å². The number of amides is 4. The topological polar surface area (TPSA) is 327 Å². The molecule has 0 bridgehead atoms. The van der Waals surface area contributed by atoms with E-state index in [9.17, 15) is 57.5 Å². The van der Waals surface area contributed by atoms with E-state index in [-0.39, 0.29) is 93.0 Å². The Labute approximate surface area is 370 Å². The summed E-state index contributed by atoms with van der Waals surface area (Å²) in [5.41, 5.74) is 0.245. The van der Waals surface area contributed by atoms with E-state index in [0.29, 0.717) is 0 Å². The second-order valence-electron chi connectivity index (χ2n) is 12.1. The van der Waals surface area contributed by atoms with Crippen LogP contribution in [-0.2, 0) is 47.8 Å². The van der Waals surface area contributed by atoms with Crippen molar-refractivity contribution in [2.45, 2.75) is 53.5 Å². The quantitative estimate of drug-likeness (QED) is 0.0686. The molecule has 4 heterocycles. The number of benzene rings is 3. The van der Waals surface area contributed by atoms with Gasteiger partial charge in [0.2, 0.25) is 11.8 Å². The van der Waals surface area contributed by atoms with Gasteiger partial charge >= 0.3 is 77.3 Å². The van der Waals surface area contributed by atoms with Crippen molar-refractivity contribution in [1.82, 2.24) is 10.2 Å². The van der Waals surface area contributed by atoms with E-state index in [1.165, 1.54) is 82.3 Å². The summed E-state index contributed by atoms with van der Waals surface area (Å²) in [6.07, 6.45) is 0.111. The Balaban J connectivity index is 0.000000294. The third-order valence-electron chi connectivity index (χ3n) is 7.51. The zero-order valence-corrected chi connectivity index (χ0v) is 35.3. The van der Waals surface area contributed by atoms with Gasteiger partial charge in [-0.1, -0.05) is 18.2 Å². The molecule has 22 nitrogen and oxygen atoms in total. The smallest absolute Gasteiger partial charge is 0.550 e. The molecular weight excluding hydrogens is 839 g/mol. The Bertz CT molecular complexity index is 2410. The van der Waals surface area contributed by atoms with E-state index < -0.39 is 83.4 Å². The number of carboxylic acids is 1. The van der Waals surface area contributed by atoms with Gasteiger partial charge in [-0.3, -0.25) is 48.6 Å². The number of carboxylic acid groups (broad SMARTS) is 1. The number of carbonyl (C=O) groups is 13. The summed E-state index contributed by atoms with van der Waals surface area (Å²) < 4.78 is 22.4. The van der Waals surface area contributed by atoms with Gasteiger partial charge in [0.1, 0.15) is 34.4 Å². The van der Waals surface area contributed by atoms with E-state index in [0.717, 1.165) is 11.8 Å². The van der Waals surface area contributed by atoms with Crippen molar-refractivity contribution in [3.8, 4) is 17.2 Å². The summed E-state index contributed by atoms with van der Waals surface area (Å²) in [6.45, 7) is 5.73. The van der Waals surface area contributed by atoms with Gasteiger partial charge in [-0.25, -0.2) is 19.2 Å². The van der Waals surface area contributed by atoms with Crippen LogP contribution in [-0.4, -0.2) is 93.4 Å². The molecule has 318 valence electrons. The summed E-state index contributed by atoms with van der Waals surface area (Å²) in [5, 5.41) is 20.2. The summed E-state index contributed by atoms with van der Waals surface area (Å²) in [7, 11) is 0. The molecule has 1 fully saturated rings. The van der Waals surface area contributed by atoms with Crippen LogP contribution < -0.4 is 49.5 Å². The maximum Gasteiger partial charge on any atom is 1.00 e. The number of aliphatic carboxylic acids is 1. The normalized spacial score (nSPS) is 14.9. The average molecular weight is 871 g/mol. The van der Waals surface area contributed by atoms with Crippen LogP contribution in [0.4, 0.5) is 0 Å². The number of hydrogen-bond acceptors (Lipinski definition) is 20. The number of phenolic OH excluding ortho intramolecular Hbond substituents is 1. The van der Waals surface area contributed by atoms with Crippen molar-refractivity contribution in [3.05, 3.63) is 88.0 Å². The number of ether oxygens (including phenoxy) is 5. The number of nitrogens with zero attached hydrogens (tertiary/aromatic N) is 1. The Morgan fingerprint density at radius 2 is 1.06 bits per heavy atom. The number of fused-ring (bicyclic) bond motifs is 3. The van der Waals surface area contributed by atoms with Crippen molar-refractivity contribution in [1.29, 1.82) is 0 Å². The van der Waals surface area contributed by atoms with Gasteiger partial charge in [0.25, 0.3) is 11.8 Å². The third-order valence-corrected chi connectivity index (χ3v) is 7.51. The number of hydrogen-bond donors (Lipinski definition) is 2. The van der Waals surface area contributed by atoms with Crippen molar-refractivity contribution >= 4 is 77.4 Å². The minimum absolute atomic E-state index is 0. The van der Waals surface area contributed by atoms with Crippen molar-refractivity contribution in [2.75, 3.05) is 0 Å². The van der Waals surface area contributed by atoms with Gasteiger partial charge in [0.05, 0.1) is 22.3 Å². The fourth-order valence-electron chi connectivity index (χ4n) is 5.38. The molecule has 4 amide bonds. The predicted octanol–water partition coefficient (Wildman–Crippen LogP) is -2.51. The number of rotatable bonds is 3. The van der Waals surface area contributed by atoms with Gasteiger partial charge < -0.3 is 38.7 Å². The summed E-state index contributed by atoms with van der Waals surface area (Å²) in [5.74, 6) is -9.07. The maximum atomic E-state index is 12.6. The Hall–Kier alpha value is -7.43. The fraction of sp³-hybridized carbons (Fsp3) is 0.205. The summed E-state index contributed by atoms with van der Waals surface area (Å²) >= 11 is 0. The Morgan fingerprint density at radius 3 is 1.50 bits per heavy atom. The fourth-order valence-corrected chi connectivity index (χ4v) is 5.38. The number of aromatic hydroxyl groups is 1. The van der Waals surface area contributed by atoms with Crippen LogP contribution in [0.1, 0.15) is 110 Å². The first-order chi connectivity index (χ1) is 28.5. The van der Waals surface area contributed by atoms with Gasteiger partial charge in [-0.2, -0.15) is 0 Å². The molecule has 3 aromatic carbocycles. The van der Waals surface area contributed by atoms with Crippen LogP contribution in [0.2, 0.25) is 0 Å². The van der Waals surface area contributed by atoms with Crippen molar-refractivity contribution in [2.24, 2.45) is 0 Å². The Morgan fingerprint density at radius 1 is 0.629 bits per heavy atom. The number of carbonyl (C=O) groups excluding carboxylic acids is 13. The molecule has 2 N–H and O–H groups in total. The van der Waals surface area contributed by atoms with E-state index in [1.54, 1.807) is 0 Å². The minimum Gasteiger partial charge on any atom is -0.550 e. The molecule has 4 aliphatic heterocycles. The SMILES string of the molecule is CC(=O)OC(C)=O.CC(=O)Oc1cccc2c1C(=O)N(C1CCC(=O)NC1=O)C2=O.CC(=O)Oc1cccc2c1C(=O)OC2=O.CC(=O)[O-].O=C1OC(=O)c2c(O)cccc21.[Na+]. The minimum atomic E-state index is -1.08. The Kier molecular flexibility index (Phi) is 18.2. The molecule has 1 saturated heterocycles. The van der Waals surface area contributed by atoms with E-state index >= 15 is 0 Å². The summed E-state index contributed by atoms with van der Waals surface area (Å²) in [6, 6.07) is 11.9. The molecule has 1 atom stereocenters. The number of cyclic esters (lactones) is 4. The molecule has 0 saturated carbocycles. The first kappa shape index (κ1) is 50.7. The second-order valence-corrected chi connectivity index (χ2v) is 12.1. The number of imide groups is 2. The van der Waals surface area contributed by atoms with Crippen LogP contribution in [0.25, 0.3) is 0 Å². The number of esters is 8. The molecule has 0 spiro atoms. The molecule has 3 aromatic rings. The molecule has 62 heavy (non-hydrogen) atoms. The second kappa shape index (κ2) is 22.3. The van der Waals surface area contributed by atoms with Gasteiger partial charge in [0, 0.05) is 40.1 Å². The summed E-state index contributed by atoms with van der Waals surface area (Å²) in [4.78, 5) is 144. The largest absolute Gasteiger partial charge is 1.00 e. The van der Waals surface area contributed by atoms with Crippen LogP contribution >= 0.6 is 0 Å².